The molecule has 4 nitrogen and oxygen atoms in total. The van der Waals surface area contributed by atoms with Crippen molar-refractivity contribution in [3.05, 3.63) is 11.9 Å². The van der Waals surface area contributed by atoms with E-state index >= 15 is 0 Å². The molecule has 0 aromatic carbocycles. The van der Waals surface area contributed by atoms with E-state index in [0.29, 0.717) is 11.4 Å². The lowest BCUT2D eigenvalue weighted by molar-refractivity contribution is 0.0856. The molecule has 0 N–H and O–H groups in total. The van der Waals surface area contributed by atoms with Crippen molar-refractivity contribution in [2.45, 2.75) is 45.4 Å². The quantitative estimate of drug-likeness (QED) is 0.767. The Hall–Kier alpha value is -1.32. The van der Waals surface area contributed by atoms with Gasteiger partial charge in [-0.15, -0.1) is 0 Å². The molecule has 0 unspecified atom stereocenters. The lowest BCUT2D eigenvalue weighted by Gasteiger charge is -2.27. The summed E-state index contributed by atoms with van der Waals surface area (Å²) in [6, 6.07) is 0. The van der Waals surface area contributed by atoms with E-state index in [-0.39, 0.29) is 11.7 Å². The van der Waals surface area contributed by atoms with Crippen LogP contribution < -0.4 is 4.74 Å². The van der Waals surface area contributed by atoms with Gasteiger partial charge < -0.3 is 4.74 Å². The number of methoxy groups -OCH3 is 1. The zero-order chi connectivity index (χ0) is 13.8. The average Bonchev–Trinajstić information content (AvgIpc) is 2.80. The summed E-state index contributed by atoms with van der Waals surface area (Å²) in [5.74, 6) is 1.77. The van der Waals surface area contributed by atoms with Gasteiger partial charge in [0, 0.05) is 13.0 Å². The minimum Gasteiger partial charge on any atom is -0.493 e. The number of carbonyl (C=O) groups excluding carboxylic acids is 1. The summed E-state index contributed by atoms with van der Waals surface area (Å²) in [4.78, 5) is 12.6. The van der Waals surface area contributed by atoms with Gasteiger partial charge in [0.2, 0.25) is 0 Å². The molecule has 0 spiro atoms. The van der Waals surface area contributed by atoms with Crippen LogP contribution in [0.2, 0.25) is 0 Å². The van der Waals surface area contributed by atoms with Crippen molar-refractivity contribution >= 4 is 5.78 Å². The first-order chi connectivity index (χ1) is 9.17. The Balaban J connectivity index is 2.03. The first kappa shape index (κ1) is 14.1. The molecule has 1 saturated carbocycles. The third-order valence-electron chi connectivity index (χ3n) is 4.27. The fourth-order valence-corrected chi connectivity index (χ4v) is 3.16. The van der Waals surface area contributed by atoms with Crippen molar-refractivity contribution in [1.29, 1.82) is 0 Å². The SMILES string of the molecule is CCCC1CCC(C(=O)c2c(OC)cnn2C)CC1. The second kappa shape index (κ2) is 6.22. The standard InChI is InChI=1S/C15H24N2O2/c1-4-5-11-6-8-12(9-7-11)15(18)14-13(19-3)10-16-17(14)2/h10-12H,4-9H2,1-3H3. The van der Waals surface area contributed by atoms with Crippen LogP contribution in [-0.4, -0.2) is 22.7 Å². The predicted octanol–water partition coefficient (Wildman–Crippen LogP) is 3.22. The second-order valence-electron chi connectivity index (χ2n) is 5.56. The maximum atomic E-state index is 12.6. The van der Waals surface area contributed by atoms with Crippen LogP contribution >= 0.6 is 0 Å². The first-order valence-corrected chi connectivity index (χ1v) is 7.27. The molecule has 1 aromatic rings. The van der Waals surface area contributed by atoms with Crippen molar-refractivity contribution in [1.82, 2.24) is 9.78 Å². The van der Waals surface area contributed by atoms with E-state index < -0.39 is 0 Å². The molecule has 1 aromatic heterocycles. The lowest BCUT2D eigenvalue weighted by atomic mass is 9.78. The van der Waals surface area contributed by atoms with Gasteiger partial charge in [0.05, 0.1) is 13.3 Å². The average molecular weight is 264 g/mol. The van der Waals surface area contributed by atoms with Crippen LogP contribution in [0.4, 0.5) is 0 Å². The Morgan fingerprint density at radius 3 is 2.68 bits per heavy atom. The zero-order valence-corrected chi connectivity index (χ0v) is 12.2. The molecule has 4 heteroatoms. The highest BCUT2D eigenvalue weighted by atomic mass is 16.5. The normalized spacial score (nSPS) is 23.3. The number of carbonyl (C=O) groups is 1. The second-order valence-corrected chi connectivity index (χ2v) is 5.56. The van der Waals surface area contributed by atoms with Gasteiger partial charge in [-0.3, -0.25) is 9.48 Å². The monoisotopic (exact) mass is 264 g/mol. The summed E-state index contributed by atoms with van der Waals surface area (Å²) in [7, 11) is 3.39. The van der Waals surface area contributed by atoms with Crippen LogP contribution in [0.15, 0.2) is 6.20 Å². The molecule has 1 aliphatic carbocycles. The summed E-state index contributed by atoms with van der Waals surface area (Å²) >= 11 is 0. The fraction of sp³-hybridized carbons (Fsp3) is 0.733. The van der Waals surface area contributed by atoms with Crippen LogP contribution in [0, 0.1) is 11.8 Å². The van der Waals surface area contributed by atoms with Gasteiger partial charge >= 0.3 is 0 Å². The Morgan fingerprint density at radius 1 is 1.42 bits per heavy atom. The topological polar surface area (TPSA) is 44.1 Å². The van der Waals surface area contributed by atoms with Gasteiger partial charge in [-0.2, -0.15) is 5.10 Å². The highest BCUT2D eigenvalue weighted by Gasteiger charge is 2.30. The van der Waals surface area contributed by atoms with Gasteiger partial charge in [0.1, 0.15) is 5.69 Å². The summed E-state index contributed by atoms with van der Waals surface area (Å²) in [5.41, 5.74) is 0.626. The van der Waals surface area contributed by atoms with E-state index in [4.69, 9.17) is 4.74 Å². The van der Waals surface area contributed by atoms with Crippen LogP contribution in [0.5, 0.6) is 5.75 Å². The number of rotatable bonds is 5. The molecule has 0 saturated heterocycles. The van der Waals surface area contributed by atoms with E-state index in [1.54, 1.807) is 25.0 Å². The maximum absolute atomic E-state index is 12.6. The smallest absolute Gasteiger partial charge is 0.187 e. The number of hydrogen-bond acceptors (Lipinski definition) is 3. The van der Waals surface area contributed by atoms with Crippen LogP contribution in [0.1, 0.15) is 55.9 Å². The summed E-state index contributed by atoms with van der Waals surface area (Å²) in [6.07, 6.45) is 8.56. The molecule has 1 fully saturated rings. The molecule has 2 rings (SSSR count). The van der Waals surface area contributed by atoms with Crippen LogP contribution in [-0.2, 0) is 7.05 Å². The minimum atomic E-state index is 0.150. The number of ether oxygens (including phenoxy) is 1. The van der Waals surface area contributed by atoms with Crippen molar-refractivity contribution in [3.8, 4) is 5.75 Å². The highest BCUT2D eigenvalue weighted by Crippen LogP contribution is 2.34. The van der Waals surface area contributed by atoms with Crippen LogP contribution in [0.25, 0.3) is 0 Å². The number of aryl methyl sites for hydroxylation is 1. The molecular weight excluding hydrogens is 240 g/mol. The highest BCUT2D eigenvalue weighted by molar-refractivity contribution is 5.98. The third kappa shape index (κ3) is 2.99. The molecule has 19 heavy (non-hydrogen) atoms. The Kier molecular flexibility index (Phi) is 4.61. The Bertz CT molecular complexity index is 431. The number of hydrogen-bond donors (Lipinski definition) is 0. The van der Waals surface area contributed by atoms with Crippen molar-refractivity contribution in [2.75, 3.05) is 7.11 Å². The van der Waals surface area contributed by atoms with Crippen LogP contribution in [0.3, 0.4) is 0 Å². The molecule has 106 valence electrons. The number of nitrogens with zero attached hydrogens (tertiary/aromatic N) is 2. The molecule has 0 bridgehead atoms. The number of aromatic nitrogens is 2. The van der Waals surface area contributed by atoms with E-state index in [9.17, 15) is 4.79 Å². The van der Waals surface area contributed by atoms with E-state index in [0.717, 1.165) is 18.8 Å². The van der Waals surface area contributed by atoms with Crippen molar-refractivity contribution in [2.24, 2.45) is 18.9 Å². The van der Waals surface area contributed by atoms with Crippen molar-refractivity contribution in [3.63, 3.8) is 0 Å². The van der Waals surface area contributed by atoms with Gasteiger partial charge in [-0.05, 0) is 31.6 Å². The summed E-state index contributed by atoms with van der Waals surface area (Å²) in [5, 5.41) is 4.12. The molecule has 0 radical (unpaired) electrons. The molecule has 0 atom stereocenters. The molecule has 0 amide bonds. The van der Waals surface area contributed by atoms with Gasteiger partial charge in [-0.25, -0.2) is 0 Å². The number of Topliss-reactive ketones (excluding diaryl/α,β-unsaturated/α-hetero) is 1. The Labute approximate surface area is 115 Å². The molecular formula is C15H24N2O2. The van der Waals surface area contributed by atoms with Gasteiger partial charge in [-0.1, -0.05) is 19.8 Å². The maximum Gasteiger partial charge on any atom is 0.187 e. The summed E-state index contributed by atoms with van der Waals surface area (Å²) < 4.78 is 6.87. The van der Waals surface area contributed by atoms with E-state index in [2.05, 4.69) is 12.0 Å². The largest absolute Gasteiger partial charge is 0.493 e. The van der Waals surface area contributed by atoms with Gasteiger partial charge in [0.25, 0.3) is 0 Å². The molecule has 1 heterocycles. The predicted molar refractivity (Wildman–Crippen MR) is 74.4 cm³/mol. The lowest BCUT2D eigenvalue weighted by Crippen LogP contribution is -2.24. The molecule has 0 aliphatic heterocycles. The minimum absolute atomic E-state index is 0.150. The summed E-state index contributed by atoms with van der Waals surface area (Å²) in [6.45, 7) is 2.23. The molecule has 1 aliphatic rings. The fourth-order valence-electron chi connectivity index (χ4n) is 3.16. The van der Waals surface area contributed by atoms with Gasteiger partial charge in [0.15, 0.2) is 11.5 Å². The van der Waals surface area contributed by atoms with E-state index in [1.807, 2.05) is 0 Å². The first-order valence-electron chi connectivity index (χ1n) is 7.27. The zero-order valence-electron chi connectivity index (χ0n) is 12.2. The Morgan fingerprint density at radius 2 is 2.11 bits per heavy atom. The number of ketones is 1. The van der Waals surface area contributed by atoms with Crippen molar-refractivity contribution < 1.29 is 9.53 Å². The van der Waals surface area contributed by atoms with E-state index in [1.165, 1.54) is 25.7 Å². The third-order valence-corrected chi connectivity index (χ3v) is 4.27.